The van der Waals surface area contributed by atoms with E-state index in [0.717, 1.165) is 5.75 Å². The highest BCUT2D eigenvalue weighted by Crippen LogP contribution is 2.22. The summed E-state index contributed by atoms with van der Waals surface area (Å²) < 4.78 is 7.39. The number of ether oxygens (including phenoxy) is 1. The van der Waals surface area contributed by atoms with E-state index in [0.29, 0.717) is 6.10 Å². The molecule has 3 heteroatoms. The lowest BCUT2D eigenvalue weighted by molar-refractivity contribution is 0.155. The van der Waals surface area contributed by atoms with E-state index >= 15 is 0 Å². The molecule has 0 bridgehead atoms. The second kappa shape index (κ2) is 6.11. The average Bonchev–Trinajstić information content (AvgIpc) is 2.31. The van der Waals surface area contributed by atoms with Gasteiger partial charge in [-0.2, -0.15) is 3.69 Å². The van der Waals surface area contributed by atoms with Crippen LogP contribution in [0.25, 0.3) is 0 Å². The minimum absolute atomic E-state index is 0.198. The van der Waals surface area contributed by atoms with Crippen LogP contribution in [0, 0.1) is 0 Å². The molecule has 0 saturated heterocycles. The molecule has 0 heterocycles. The first-order valence-electron chi connectivity index (χ1n) is 5.70. The van der Waals surface area contributed by atoms with Crippen LogP contribution in [0.1, 0.15) is 32.1 Å². The summed E-state index contributed by atoms with van der Waals surface area (Å²) >= 11 is 3.38. The first-order chi connectivity index (χ1) is 7.38. The Labute approximate surface area is 107 Å². The summed E-state index contributed by atoms with van der Waals surface area (Å²) in [5.41, 5.74) is 0. The molecule has 1 aliphatic carbocycles. The summed E-state index contributed by atoms with van der Waals surface area (Å²) in [6, 6.07) is 8.58. The molecule has 1 fully saturated rings. The summed E-state index contributed by atoms with van der Waals surface area (Å²) in [7, 11) is 0. The third-order valence-electron chi connectivity index (χ3n) is 2.93. The van der Waals surface area contributed by atoms with E-state index in [1.54, 1.807) is 0 Å². The number of halogens is 1. The zero-order chi connectivity index (χ0) is 10.5. The maximum Gasteiger partial charge on any atom is 0.506 e. The van der Waals surface area contributed by atoms with E-state index in [-0.39, 0.29) is 18.2 Å². The second-order valence-corrected chi connectivity index (χ2v) is 6.92. The highest BCUT2D eigenvalue weighted by molar-refractivity contribution is 9.23. The molecule has 15 heavy (non-hydrogen) atoms. The molecule has 0 radical (unpaired) electrons. The van der Waals surface area contributed by atoms with Gasteiger partial charge in [0.05, 0.1) is 6.10 Å². The Hall–Kier alpha value is 0.266. The van der Waals surface area contributed by atoms with Crippen LogP contribution in [-0.2, 0) is 0 Å². The summed E-state index contributed by atoms with van der Waals surface area (Å²) in [5, 5.41) is 0. The predicted molar refractivity (Wildman–Crippen MR) is 68.3 cm³/mol. The maximum absolute atomic E-state index is 5.95. The van der Waals surface area contributed by atoms with Gasteiger partial charge in [0.25, 0.3) is 0 Å². The molecule has 0 aromatic heterocycles. The molecule has 1 aromatic rings. The standard InChI is InChI=1S/C12H15O.BrH.Mg/c1-3-7-11(8-4-1)13-12-9-5-2-6-10-12;;/h5-6,9-11H,1,3-4,7-8H2;1H;/q;;+1/p-1. The van der Waals surface area contributed by atoms with Gasteiger partial charge in [-0.15, -0.1) is 0 Å². The van der Waals surface area contributed by atoms with E-state index < -0.39 is 0 Å². The molecular formula is C12H15BrMgO. The van der Waals surface area contributed by atoms with Gasteiger partial charge in [0.15, 0.2) is 0 Å². The third-order valence-corrected chi connectivity index (χ3v) is 5.66. The molecule has 0 unspecified atom stereocenters. The minimum Gasteiger partial charge on any atom is -0.490 e. The van der Waals surface area contributed by atoms with Gasteiger partial charge in [-0.3, -0.25) is 12.9 Å². The van der Waals surface area contributed by atoms with Crippen LogP contribution < -0.4 is 8.43 Å². The largest absolute Gasteiger partial charge is 0.506 e. The topological polar surface area (TPSA) is 9.23 Å². The molecule has 1 nitrogen and oxygen atoms in total. The quantitative estimate of drug-likeness (QED) is 0.773. The van der Waals surface area contributed by atoms with Gasteiger partial charge in [-0.05, 0) is 37.8 Å². The van der Waals surface area contributed by atoms with Crippen LogP contribution in [0.3, 0.4) is 0 Å². The third kappa shape index (κ3) is 3.65. The molecular weight excluding hydrogens is 264 g/mol. The molecule has 0 spiro atoms. The summed E-state index contributed by atoms with van der Waals surface area (Å²) in [6.45, 7) is 0. The van der Waals surface area contributed by atoms with E-state index in [1.807, 2.05) is 0 Å². The Morgan fingerprint density at radius 3 is 2.33 bits per heavy atom. The van der Waals surface area contributed by atoms with Crippen LogP contribution >= 0.6 is 12.9 Å². The zero-order valence-corrected chi connectivity index (χ0v) is 11.9. The van der Waals surface area contributed by atoms with Gasteiger partial charge in [-0.1, -0.05) is 18.6 Å². The van der Waals surface area contributed by atoms with Crippen molar-refractivity contribution in [2.75, 3.05) is 0 Å². The van der Waals surface area contributed by atoms with Crippen LogP contribution in [0.5, 0.6) is 5.75 Å². The maximum atomic E-state index is 5.95. The van der Waals surface area contributed by atoms with E-state index in [1.165, 1.54) is 35.8 Å². The van der Waals surface area contributed by atoms with Crippen LogP contribution in [0.15, 0.2) is 24.3 Å². The molecule has 78 valence electrons. The lowest BCUT2D eigenvalue weighted by atomic mass is 9.98. The summed E-state index contributed by atoms with van der Waals surface area (Å²) in [5.74, 6) is 1.04. The predicted octanol–water partition coefficient (Wildman–Crippen LogP) is 3.04. The van der Waals surface area contributed by atoms with E-state index in [4.69, 9.17) is 4.74 Å². The summed E-state index contributed by atoms with van der Waals surface area (Å²) in [4.78, 5) is 0. The van der Waals surface area contributed by atoms with Gasteiger partial charge < -0.3 is 4.74 Å². The number of benzene rings is 1. The van der Waals surface area contributed by atoms with Gasteiger partial charge in [-0.25, -0.2) is 0 Å². The van der Waals surface area contributed by atoms with Gasteiger partial charge in [0.1, 0.15) is 5.75 Å². The molecule has 1 aliphatic rings. The average molecular weight is 279 g/mol. The summed E-state index contributed by atoms with van der Waals surface area (Å²) in [6.07, 6.45) is 6.97. The fourth-order valence-corrected chi connectivity index (χ4v) is 3.57. The Kier molecular flexibility index (Phi) is 4.79. The van der Waals surface area contributed by atoms with Crippen molar-refractivity contribution in [2.24, 2.45) is 0 Å². The smallest absolute Gasteiger partial charge is 0.490 e. The highest BCUT2D eigenvalue weighted by atomic mass is 79.9. The Bertz CT molecular complexity index is 293. The molecule has 1 saturated carbocycles. The van der Waals surface area contributed by atoms with Crippen LogP contribution in [0.4, 0.5) is 0 Å². The number of hydrogen-bond acceptors (Lipinski definition) is 1. The molecule has 0 atom stereocenters. The highest BCUT2D eigenvalue weighted by Gasteiger charge is 2.14. The van der Waals surface area contributed by atoms with Crippen molar-refractivity contribution in [1.82, 2.24) is 0 Å². The van der Waals surface area contributed by atoms with Crippen molar-refractivity contribution < 1.29 is 4.74 Å². The lowest BCUT2D eigenvalue weighted by Gasteiger charge is -2.23. The molecule has 2 rings (SSSR count). The molecule has 0 N–H and O–H groups in total. The fourth-order valence-electron chi connectivity index (χ4n) is 2.03. The van der Waals surface area contributed by atoms with Crippen molar-refractivity contribution in [1.29, 1.82) is 0 Å². The normalized spacial score (nSPS) is 17.1. The first-order valence-corrected chi connectivity index (χ1v) is 10.3. The Balaban J connectivity index is 1.91. The Morgan fingerprint density at radius 1 is 1.07 bits per heavy atom. The SMILES string of the molecule is [Br][Mg][c]1ccc(OC2CCCCC2)cc1. The van der Waals surface area contributed by atoms with Gasteiger partial charge in [0, 0.05) is 0 Å². The molecule has 1 aromatic carbocycles. The monoisotopic (exact) mass is 278 g/mol. The van der Waals surface area contributed by atoms with Crippen molar-refractivity contribution in [2.45, 2.75) is 38.2 Å². The van der Waals surface area contributed by atoms with E-state index in [2.05, 4.69) is 37.1 Å². The van der Waals surface area contributed by atoms with Gasteiger partial charge in [0.2, 0.25) is 0 Å². The Morgan fingerprint density at radius 2 is 1.73 bits per heavy atom. The van der Waals surface area contributed by atoms with Crippen LogP contribution in [-0.4, -0.2) is 24.3 Å². The van der Waals surface area contributed by atoms with Crippen molar-refractivity contribution in [3.05, 3.63) is 24.3 Å². The van der Waals surface area contributed by atoms with Gasteiger partial charge >= 0.3 is 18.2 Å². The zero-order valence-electron chi connectivity index (χ0n) is 8.92. The van der Waals surface area contributed by atoms with E-state index in [9.17, 15) is 0 Å². The molecule has 0 aliphatic heterocycles. The second-order valence-electron chi connectivity index (χ2n) is 4.16. The van der Waals surface area contributed by atoms with Crippen molar-refractivity contribution in [3.63, 3.8) is 0 Å². The number of hydrogen-bond donors (Lipinski definition) is 0. The fraction of sp³-hybridized carbons (Fsp3) is 0.500. The first kappa shape index (κ1) is 11.7. The van der Waals surface area contributed by atoms with Crippen LogP contribution in [0.2, 0.25) is 0 Å². The minimum atomic E-state index is -0.198. The van der Waals surface area contributed by atoms with Crippen molar-refractivity contribution >= 4 is 34.8 Å². The number of rotatable bonds is 3. The lowest BCUT2D eigenvalue weighted by Crippen LogP contribution is -2.20. The van der Waals surface area contributed by atoms with Crippen molar-refractivity contribution in [3.8, 4) is 5.75 Å². The molecule has 0 amide bonds.